The number of nitriles is 1. The van der Waals surface area contributed by atoms with Crippen molar-refractivity contribution in [1.29, 1.82) is 5.26 Å². The number of hydrogen-bond donors (Lipinski definition) is 2. The Hall–Kier alpha value is -3.65. The topological polar surface area (TPSA) is 94.3 Å². The van der Waals surface area contributed by atoms with Crippen molar-refractivity contribution in [3.63, 3.8) is 0 Å². The van der Waals surface area contributed by atoms with Crippen LogP contribution in [0.15, 0.2) is 66.7 Å². The Balaban J connectivity index is 1.13. The molecule has 3 aromatic rings. The molecule has 0 aliphatic heterocycles. The van der Waals surface area contributed by atoms with Gasteiger partial charge in [0.15, 0.2) is 0 Å². The highest BCUT2D eigenvalue weighted by molar-refractivity contribution is 5.65. The minimum absolute atomic E-state index is 0.608. The second-order valence-corrected chi connectivity index (χ2v) is 9.24. The smallest absolute Gasteiger partial charge is 0.142 e. The molecular formula is C31H39N3O2. The van der Waals surface area contributed by atoms with E-state index in [2.05, 4.69) is 18.2 Å². The molecule has 0 saturated carbocycles. The van der Waals surface area contributed by atoms with Crippen molar-refractivity contribution in [1.82, 2.24) is 0 Å². The van der Waals surface area contributed by atoms with E-state index in [9.17, 15) is 0 Å². The van der Waals surface area contributed by atoms with Gasteiger partial charge < -0.3 is 20.9 Å². The molecule has 5 heteroatoms. The Labute approximate surface area is 216 Å². The van der Waals surface area contributed by atoms with Gasteiger partial charge in [0.05, 0.1) is 30.5 Å². The molecule has 0 aliphatic rings. The molecule has 0 atom stereocenters. The summed E-state index contributed by atoms with van der Waals surface area (Å²) in [7, 11) is 0. The molecule has 0 amide bonds. The number of nitrogens with zero attached hydrogens (tertiary/aromatic N) is 1. The summed E-state index contributed by atoms with van der Waals surface area (Å²) in [4.78, 5) is 0. The van der Waals surface area contributed by atoms with E-state index in [1.165, 1.54) is 51.4 Å². The fourth-order valence-electron chi connectivity index (χ4n) is 4.17. The molecule has 0 bridgehead atoms. The summed E-state index contributed by atoms with van der Waals surface area (Å²) in [6.07, 6.45) is 12.3. The second kappa shape index (κ2) is 15.4. The highest BCUT2D eigenvalue weighted by Crippen LogP contribution is 2.24. The molecule has 4 N–H and O–H groups in total. The second-order valence-electron chi connectivity index (χ2n) is 9.24. The van der Waals surface area contributed by atoms with Crippen LogP contribution in [0, 0.1) is 11.3 Å². The zero-order chi connectivity index (χ0) is 25.4. The lowest BCUT2D eigenvalue weighted by atomic mass is 10.0. The predicted molar refractivity (Wildman–Crippen MR) is 149 cm³/mol. The zero-order valence-corrected chi connectivity index (χ0v) is 21.3. The van der Waals surface area contributed by atoms with E-state index in [-0.39, 0.29) is 0 Å². The van der Waals surface area contributed by atoms with Crippen molar-refractivity contribution in [2.45, 2.75) is 64.2 Å². The summed E-state index contributed by atoms with van der Waals surface area (Å²) in [6.45, 7) is 1.47. The number of nitrogen functional groups attached to an aromatic ring is 2. The predicted octanol–water partition coefficient (Wildman–Crippen LogP) is 7.75. The van der Waals surface area contributed by atoms with Gasteiger partial charge in [-0.3, -0.25) is 0 Å². The van der Waals surface area contributed by atoms with Gasteiger partial charge in [0.25, 0.3) is 0 Å². The Bertz CT molecular complexity index is 1070. The van der Waals surface area contributed by atoms with E-state index in [1.54, 1.807) is 6.07 Å². The van der Waals surface area contributed by atoms with Gasteiger partial charge in [0.1, 0.15) is 11.5 Å². The van der Waals surface area contributed by atoms with Crippen LogP contribution in [-0.2, 0) is 0 Å². The van der Waals surface area contributed by atoms with Crippen molar-refractivity contribution >= 4 is 11.4 Å². The summed E-state index contributed by atoms with van der Waals surface area (Å²) < 4.78 is 11.6. The van der Waals surface area contributed by atoms with Gasteiger partial charge in [0.2, 0.25) is 0 Å². The summed E-state index contributed by atoms with van der Waals surface area (Å²) in [5.41, 5.74) is 15.8. The van der Waals surface area contributed by atoms with Gasteiger partial charge in [-0.05, 0) is 66.4 Å². The molecule has 3 rings (SSSR count). The normalized spacial score (nSPS) is 10.6. The van der Waals surface area contributed by atoms with Crippen LogP contribution >= 0.6 is 0 Å². The minimum Gasteiger partial charge on any atom is -0.494 e. The van der Waals surface area contributed by atoms with Crippen LogP contribution in [0.25, 0.3) is 11.1 Å². The Morgan fingerprint density at radius 2 is 1.08 bits per heavy atom. The molecule has 190 valence electrons. The molecule has 0 aliphatic carbocycles. The van der Waals surface area contributed by atoms with E-state index in [1.807, 2.05) is 48.5 Å². The molecule has 5 nitrogen and oxygen atoms in total. The van der Waals surface area contributed by atoms with Gasteiger partial charge in [-0.2, -0.15) is 5.26 Å². The minimum atomic E-state index is 0.608. The Kier molecular flexibility index (Phi) is 11.5. The van der Waals surface area contributed by atoms with E-state index < -0.39 is 0 Å². The number of anilines is 2. The van der Waals surface area contributed by atoms with Gasteiger partial charge in [-0.25, -0.2) is 0 Å². The molecular weight excluding hydrogens is 446 g/mol. The number of unbranched alkanes of at least 4 members (excludes halogenated alkanes) is 9. The maximum atomic E-state index is 8.92. The quantitative estimate of drug-likeness (QED) is 0.160. The Morgan fingerprint density at radius 3 is 1.61 bits per heavy atom. The first-order valence-corrected chi connectivity index (χ1v) is 13.2. The molecule has 0 saturated heterocycles. The van der Waals surface area contributed by atoms with Crippen LogP contribution in [0.4, 0.5) is 11.4 Å². The number of hydrogen-bond acceptors (Lipinski definition) is 5. The lowest BCUT2D eigenvalue weighted by Gasteiger charge is -2.09. The summed E-state index contributed by atoms with van der Waals surface area (Å²) in [5.74, 6) is 1.64. The Morgan fingerprint density at radius 1 is 0.583 bits per heavy atom. The number of rotatable bonds is 16. The third kappa shape index (κ3) is 9.54. The van der Waals surface area contributed by atoms with E-state index in [0.29, 0.717) is 23.5 Å². The third-order valence-electron chi connectivity index (χ3n) is 6.30. The van der Waals surface area contributed by atoms with Gasteiger partial charge in [-0.1, -0.05) is 75.6 Å². The summed E-state index contributed by atoms with van der Waals surface area (Å²) in [5, 5.41) is 8.92. The first kappa shape index (κ1) is 26.9. The number of ether oxygens (including phenoxy) is 2. The third-order valence-corrected chi connectivity index (χ3v) is 6.30. The molecule has 0 aromatic heterocycles. The standard InChI is InChI=1S/C31H39N3O2/c32-24-25-11-13-26(14-12-25)27-15-18-29(19-16-27)35-21-9-7-5-3-1-2-4-6-8-10-22-36-31-20-17-28(33)23-30(31)34/h11-20,23H,1-10,21-22,33-34H2. The average Bonchev–Trinajstić information content (AvgIpc) is 2.90. The fourth-order valence-corrected chi connectivity index (χ4v) is 4.17. The highest BCUT2D eigenvalue weighted by Gasteiger charge is 2.02. The summed E-state index contributed by atoms with van der Waals surface area (Å²) >= 11 is 0. The molecule has 36 heavy (non-hydrogen) atoms. The van der Waals surface area contributed by atoms with Gasteiger partial charge >= 0.3 is 0 Å². The lowest BCUT2D eigenvalue weighted by molar-refractivity contribution is 0.303. The average molecular weight is 486 g/mol. The van der Waals surface area contributed by atoms with Crippen molar-refractivity contribution in [3.8, 4) is 28.7 Å². The van der Waals surface area contributed by atoms with Crippen molar-refractivity contribution in [2.75, 3.05) is 24.7 Å². The van der Waals surface area contributed by atoms with Gasteiger partial charge in [-0.15, -0.1) is 0 Å². The maximum absolute atomic E-state index is 8.92. The van der Waals surface area contributed by atoms with Crippen molar-refractivity contribution < 1.29 is 9.47 Å². The molecule has 0 radical (unpaired) electrons. The zero-order valence-electron chi connectivity index (χ0n) is 21.3. The summed E-state index contributed by atoms with van der Waals surface area (Å²) in [6, 6.07) is 23.4. The number of nitrogens with two attached hydrogens (primary N) is 2. The molecule has 0 heterocycles. The molecule has 0 unspecified atom stereocenters. The van der Waals surface area contributed by atoms with Crippen LogP contribution in [0.1, 0.15) is 69.8 Å². The molecule has 0 spiro atoms. The van der Waals surface area contributed by atoms with E-state index >= 15 is 0 Å². The van der Waals surface area contributed by atoms with Crippen LogP contribution in [0.5, 0.6) is 11.5 Å². The monoisotopic (exact) mass is 485 g/mol. The van der Waals surface area contributed by atoms with E-state index in [4.69, 9.17) is 26.2 Å². The first-order chi connectivity index (χ1) is 17.7. The van der Waals surface area contributed by atoms with E-state index in [0.717, 1.165) is 42.1 Å². The molecule has 3 aromatic carbocycles. The number of benzene rings is 3. The van der Waals surface area contributed by atoms with Gasteiger partial charge in [0, 0.05) is 5.69 Å². The maximum Gasteiger partial charge on any atom is 0.142 e. The molecule has 0 fully saturated rings. The van der Waals surface area contributed by atoms with Crippen LogP contribution < -0.4 is 20.9 Å². The highest BCUT2D eigenvalue weighted by atomic mass is 16.5. The SMILES string of the molecule is N#Cc1ccc(-c2ccc(OCCCCCCCCCCCCOc3ccc(N)cc3N)cc2)cc1. The van der Waals surface area contributed by atoms with Crippen LogP contribution in [-0.4, -0.2) is 13.2 Å². The van der Waals surface area contributed by atoms with Crippen molar-refractivity contribution in [3.05, 3.63) is 72.3 Å². The largest absolute Gasteiger partial charge is 0.494 e. The fraction of sp³-hybridized carbons (Fsp3) is 0.387. The van der Waals surface area contributed by atoms with Crippen LogP contribution in [0.3, 0.4) is 0 Å². The lowest BCUT2D eigenvalue weighted by Crippen LogP contribution is -2.01. The van der Waals surface area contributed by atoms with Crippen molar-refractivity contribution in [2.24, 2.45) is 0 Å². The first-order valence-electron chi connectivity index (χ1n) is 13.2. The van der Waals surface area contributed by atoms with Crippen LogP contribution in [0.2, 0.25) is 0 Å².